The summed E-state index contributed by atoms with van der Waals surface area (Å²) in [6.07, 6.45) is 1.67. The maximum absolute atomic E-state index is 13.4. The quantitative estimate of drug-likeness (QED) is 0.298. The van der Waals surface area contributed by atoms with E-state index in [0.29, 0.717) is 16.6 Å². The Morgan fingerprint density at radius 2 is 1.65 bits per heavy atom. The third kappa shape index (κ3) is 3.81. The Bertz CT molecular complexity index is 1310. The van der Waals surface area contributed by atoms with E-state index in [1.54, 1.807) is 53.1 Å². The minimum atomic E-state index is -0.913. The highest BCUT2D eigenvalue weighted by molar-refractivity contribution is 6.47. The Balaban J connectivity index is 1.76. The molecule has 1 amide bonds. The molecular weight excluding hydrogens is 399 g/mol. The van der Waals surface area contributed by atoms with Gasteiger partial charge in [-0.05, 0) is 48.0 Å². The van der Waals surface area contributed by atoms with Crippen LogP contribution in [0, 0.1) is 5.82 Å². The summed E-state index contributed by atoms with van der Waals surface area (Å²) >= 11 is 0. The molecule has 2 aromatic heterocycles. The minimum absolute atomic E-state index is 0.130. The lowest BCUT2D eigenvalue weighted by atomic mass is 10.0. The van der Waals surface area contributed by atoms with Crippen LogP contribution in [0.4, 0.5) is 10.1 Å². The summed E-state index contributed by atoms with van der Waals surface area (Å²) < 4.78 is 19.7. The number of ether oxygens (including phenoxy) is 1. The van der Waals surface area contributed by atoms with Gasteiger partial charge in [0.05, 0.1) is 18.4 Å². The van der Waals surface area contributed by atoms with Crippen LogP contribution >= 0.6 is 0 Å². The van der Waals surface area contributed by atoms with Gasteiger partial charge in [0.1, 0.15) is 11.5 Å². The molecule has 1 N–H and O–H groups in total. The maximum Gasteiger partial charge on any atom is 0.339 e. The van der Waals surface area contributed by atoms with Gasteiger partial charge in [0, 0.05) is 17.3 Å². The zero-order chi connectivity index (χ0) is 22.0. The fourth-order valence-electron chi connectivity index (χ4n) is 3.37. The summed E-state index contributed by atoms with van der Waals surface area (Å²) in [5, 5.41) is 2.50. The first-order valence-corrected chi connectivity index (χ1v) is 9.38. The molecule has 6 nitrogen and oxygen atoms in total. The predicted molar refractivity (Wildman–Crippen MR) is 114 cm³/mol. The number of ketones is 1. The van der Waals surface area contributed by atoms with Gasteiger partial charge < -0.3 is 14.5 Å². The molecule has 0 aliphatic rings. The molecule has 0 fully saturated rings. The van der Waals surface area contributed by atoms with Gasteiger partial charge in [0.25, 0.3) is 11.7 Å². The number of Topliss-reactive ketones (excluding diaryl/α,β-unsaturated/α-hetero) is 1. The molecule has 154 valence electrons. The van der Waals surface area contributed by atoms with Crippen molar-refractivity contribution in [3.05, 3.63) is 96.1 Å². The zero-order valence-electron chi connectivity index (χ0n) is 16.5. The van der Waals surface area contributed by atoms with Crippen LogP contribution < -0.4 is 5.32 Å². The van der Waals surface area contributed by atoms with Gasteiger partial charge in [-0.2, -0.15) is 0 Å². The topological polar surface area (TPSA) is 76.9 Å². The van der Waals surface area contributed by atoms with Crippen LogP contribution in [0.1, 0.15) is 20.8 Å². The molecule has 0 atom stereocenters. The van der Waals surface area contributed by atoms with E-state index in [0.717, 1.165) is 0 Å². The van der Waals surface area contributed by atoms with Crippen molar-refractivity contribution >= 4 is 28.9 Å². The summed E-state index contributed by atoms with van der Waals surface area (Å²) in [6, 6.07) is 19.0. The van der Waals surface area contributed by atoms with Crippen molar-refractivity contribution < 1.29 is 23.5 Å². The predicted octanol–water partition coefficient (Wildman–Crippen LogP) is 4.35. The van der Waals surface area contributed by atoms with E-state index in [4.69, 9.17) is 4.74 Å². The Hall–Kier alpha value is -4.26. The van der Waals surface area contributed by atoms with Gasteiger partial charge in [0.2, 0.25) is 0 Å². The number of aromatic nitrogens is 1. The number of hydrogen-bond acceptors (Lipinski definition) is 4. The van der Waals surface area contributed by atoms with Crippen molar-refractivity contribution in [1.29, 1.82) is 0 Å². The van der Waals surface area contributed by atoms with E-state index in [2.05, 4.69) is 5.32 Å². The summed E-state index contributed by atoms with van der Waals surface area (Å²) in [5.41, 5.74) is 2.22. The third-order valence-corrected chi connectivity index (χ3v) is 4.84. The molecule has 0 radical (unpaired) electrons. The second-order valence-electron chi connectivity index (χ2n) is 6.73. The second kappa shape index (κ2) is 8.23. The lowest BCUT2D eigenvalue weighted by Crippen LogP contribution is -2.25. The van der Waals surface area contributed by atoms with Crippen molar-refractivity contribution in [2.45, 2.75) is 0 Å². The molecule has 31 heavy (non-hydrogen) atoms. The molecule has 0 unspecified atom stereocenters. The lowest BCUT2D eigenvalue weighted by molar-refractivity contribution is -0.112. The smallest absolute Gasteiger partial charge is 0.339 e. The van der Waals surface area contributed by atoms with Crippen molar-refractivity contribution in [2.24, 2.45) is 0 Å². The van der Waals surface area contributed by atoms with Crippen LogP contribution in [-0.4, -0.2) is 29.2 Å². The number of benzene rings is 2. The maximum atomic E-state index is 13.4. The number of carbonyl (C=O) groups excluding carboxylic acids is 3. The number of carbonyl (C=O) groups is 3. The van der Waals surface area contributed by atoms with E-state index in [-0.39, 0.29) is 16.9 Å². The first-order chi connectivity index (χ1) is 15.0. The first kappa shape index (κ1) is 20.0. The molecule has 2 heterocycles. The van der Waals surface area contributed by atoms with E-state index in [1.807, 2.05) is 6.07 Å². The molecule has 4 rings (SSSR count). The molecule has 2 aromatic carbocycles. The van der Waals surface area contributed by atoms with Gasteiger partial charge in [-0.3, -0.25) is 9.59 Å². The Labute approximate surface area is 176 Å². The van der Waals surface area contributed by atoms with Crippen LogP contribution in [-0.2, 0) is 9.53 Å². The summed E-state index contributed by atoms with van der Waals surface area (Å²) in [4.78, 5) is 38.0. The van der Waals surface area contributed by atoms with Crippen molar-refractivity contribution in [3.63, 3.8) is 0 Å². The van der Waals surface area contributed by atoms with Crippen molar-refractivity contribution in [3.8, 4) is 11.1 Å². The number of fused-ring (bicyclic) bond motifs is 1. The fourth-order valence-corrected chi connectivity index (χ4v) is 3.37. The number of esters is 1. The largest absolute Gasteiger partial charge is 0.465 e. The number of pyridine rings is 1. The van der Waals surface area contributed by atoms with Crippen LogP contribution in [0.5, 0.6) is 0 Å². The molecule has 4 aromatic rings. The van der Waals surface area contributed by atoms with E-state index in [1.165, 1.54) is 31.4 Å². The lowest BCUT2D eigenvalue weighted by Gasteiger charge is -2.10. The number of nitrogens with one attached hydrogen (secondary N) is 1. The average Bonchev–Trinajstić information content (AvgIpc) is 3.18. The second-order valence-corrected chi connectivity index (χ2v) is 6.73. The number of hydrogen-bond donors (Lipinski definition) is 1. The molecule has 0 saturated carbocycles. The summed E-state index contributed by atoms with van der Waals surface area (Å²) in [7, 11) is 1.23. The monoisotopic (exact) mass is 416 g/mol. The minimum Gasteiger partial charge on any atom is -0.465 e. The van der Waals surface area contributed by atoms with E-state index < -0.39 is 23.5 Å². The highest BCUT2D eigenvalue weighted by atomic mass is 19.1. The molecule has 0 aliphatic heterocycles. The standard InChI is InChI=1S/C24H17FN2O4/c1-31-24(30)18-7-2-3-8-20(18)26-23(29)22(28)21-19(15-9-11-16(25)12-10-15)14-17-6-4-5-13-27(17)21/h2-14H,1H3,(H,26,29). The van der Waals surface area contributed by atoms with Crippen molar-refractivity contribution in [1.82, 2.24) is 4.40 Å². The molecule has 0 bridgehead atoms. The average molecular weight is 416 g/mol. The number of methoxy groups -OCH3 is 1. The molecular formula is C24H17FN2O4. The summed E-state index contributed by atoms with van der Waals surface area (Å²) in [6.45, 7) is 0. The van der Waals surface area contributed by atoms with E-state index >= 15 is 0 Å². The van der Waals surface area contributed by atoms with Gasteiger partial charge >= 0.3 is 5.97 Å². The highest BCUT2D eigenvalue weighted by Crippen LogP contribution is 2.29. The van der Waals surface area contributed by atoms with Crippen LogP contribution in [0.15, 0.2) is 79.0 Å². The molecule has 0 saturated heterocycles. The first-order valence-electron chi connectivity index (χ1n) is 9.38. The number of halogens is 1. The molecule has 7 heteroatoms. The number of amides is 1. The number of anilines is 1. The van der Waals surface area contributed by atoms with Crippen LogP contribution in [0.25, 0.3) is 16.6 Å². The Kier molecular flexibility index (Phi) is 5.32. The van der Waals surface area contributed by atoms with E-state index in [9.17, 15) is 18.8 Å². The number of para-hydroxylation sites is 1. The van der Waals surface area contributed by atoms with Gasteiger partial charge in [-0.25, -0.2) is 9.18 Å². The number of nitrogens with zero attached hydrogens (tertiary/aromatic N) is 1. The normalized spacial score (nSPS) is 10.6. The van der Waals surface area contributed by atoms with Gasteiger partial charge in [0.15, 0.2) is 0 Å². The fraction of sp³-hybridized carbons (Fsp3) is 0.0417. The Morgan fingerprint density at radius 1 is 0.935 bits per heavy atom. The molecule has 0 aliphatic carbocycles. The van der Waals surface area contributed by atoms with Crippen LogP contribution in [0.3, 0.4) is 0 Å². The zero-order valence-corrected chi connectivity index (χ0v) is 16.5. The molecule has 0 spiro atoms. The van der Waals surface area contributed by atoms with Crippen LogP contribution in [0.2, 0.25) is 0 Å². The number of rotatable bonds is 5. The highest BCUT2D eigenvalue weighted by Gasteiger charge is 2.26. The third-order valence-electron chi connectivity index (χ3n) is 4.84. The SMILES string of the molecule is COC(=O)c1ccccc1NC(=O)C(=O)c1c(-c2ccc(F)cc2)cc2ccccn12. The van der Waals surface area contributed by atoms with Gasteiger partial charge in [-0.15, -0.1) is 0 Å². The summed E-state index contributed by atoms with van der Waals surface area (Å²) in [5.74, 6) is -2.75. The van der Waals surface area contributed by atoms with Crippen molar-refractivity contribution in [2.75, 3.05) is 12.4 Å². The Morgan fingerprint density at radius 3 is 2.39 bits per heavy atom. The van der Waals surface area contributed by atoms with Gasteiger partial charge in [-0.1, -0.05) is 30.3 Å².